The van der Waals surface area contributed by atoms with Crippen LogP contribution in [0.4, 0.5) is 4.39 Å². The summed E-state index contributed by atoms with van der Waals surface area (Å²) in [6.07, 6.45) is 0. The molecule has 0 aliphatic carbocycles. The van der Waals surface area contributed by atoms with Crippen LogP contribution >= 0.6 is 23.2 Å². The lowest BCUT2D eigenvalue weighted by Crippen LogP contribution is -2.06. The van der Waals surface area contributed by atoms with Gasteiger partial charge in [0.15, 0.2) is 5.78 Å². The summed E-state index contributed by atoms with van der Waals surface area (Å²) in [6.45, 7) is 1.60. The van der Waals surface area contributed by atoms with Crippen LogP contribution in [-0.2, 0) is 0 Å². The summed E-state index contributed by atoms with van der Waals surface area (Å²) in [5.74, 6) is -0.998. The molecule has 0 atom stereocenters. The van der Waals surface area contributed by atoms with Crippen molar-refractivity contribution in [3.63, 3.8) is 0 Å². The van der Waals surface area contributed by atoms with Crippen LogP contribution in [0.25, 0.3) is 0 Å². The molecule has 1 nitrogen and oxygen atoms in total. The average Bonchev–Trinajstić information content (AvgIpc) is 2.35. The molecule has 2 aromatic carbocycles. The molecule has 0 spiro atoms. The summed E-state index contributed by atoms with van der Waals surface area (Å²) in [4.78, 5) is 12.2. The summed E-state index contributed by atoms with van der Waals surface area (Å²) >= 11 is 11.8. The van der Waals surface area contributed by atoms with Gasteiger partial charge in [0.05, 0.1) is 15.6 Å². The third kappa shape index (κ3) is 2.26. The molecule has 0 aromatic heterocycles. The summed E-state index contributed by atoms with van der Waals surface area (Å²) in [6, 6.07) is 9.37. The lowest BCUT2D eigenvalue weighted by Gasteiger charge is -2.07. The first-order valence-electron chi connectivity index (χ1n) is 5.26. The number of ketones is 1. The van der Waals surface area contributed by atoms with Crippen molar-refractivity contribution in [3.8, 4) is 0 Å². The number of hydrogen-bond acceptors (Lipinski definition) is 1. The molecule has 4 heteroatoms. The van der Waals surface area contributed by atoms with Crippen LogP contribution in [0.15, 0.2) is 36.4 Å². The van der Waals surface area contributed by atoms with E-state index in [1.54, 1.807) is 31.2 Å². The Hall–Kier alpha value is -1.38. The highest BCUT2D eigenvalue weighted by Gasteiger charge is 2.18. The molecule has 0 heterocycles. The number of aryl methyl sites for hydroxylation is 1. The SMILES string of the molecule is Cc1cccc(C(=O)c2cccc(Cl)c2Cl)c1F. The van der Waals surface area contributed by atoms with Crippen molar-refractivity contribution in [2.45, 2.75) is 6.92 Å². The van der Waals surface area contributed by atoms with Crippen molar-refractivity contribution in [2.24, 2.45) is 0 Å². The zero-order chi connectivity index (χ0) is 13.3. The van der Waals surface area contributed by atoms with Gasteiger partial charge in [-0.1, -0.05) is 41.4 Å². The minimum absolute atomic E-state index is 0.000772. The molecule has 0 unspecified atom stereocenters. The largest absolute Gasteiger partial charge is 0.288 e. The minimum Gasteiger partial charge on any atom is -0.288 e. The molecular formula is C14H9Cl2FO. The Morgan fingerprint density at radius 3 is 2.39 bits per heavy atom. The summed E-state index contributed by atoms with van der Waals surface area (Å²) < 4.78 is 13.9. The van der Waals surface area contributed by atoms with Gasteiger partial charge in [-0.3, -0.25) is 4.79 Å². The van der Waals surface area contributed by atoms with E-state index < -0.39 is 11.6 Å². The fourth-order valence-electron chi connectivity index (χ4n) is 1.65. The van der Waals surface area contributed by atoms with Crippen molar-refractivity contribution in [1.29, 1.82) is 0 Å². The summed E-state index contributed by atoms with van der Waals surface area (Å²) in [7, 11) is 0. The normalized spacial score (nSPS) is 10.4. The molecule has 0 saturated carbocycles. The zero-order valence-electron chi connectivity index (χ0n) is 9.51. The Labute approximate surface area is 114 Å². The Balaban J connectivity index is 2.55. The van der Waals surface area contributed by atoms with Gasteiger partial charge in [-0.05, 0) is 30.7 Å². The fraction of sp³-hybridized carbons (Fsp3) is 0.0714. The van der Waals surface area contributed by atoms with Crippen LogP contribution in [0, 0.1) is 12.7 Å². The lowest BCUT2D eigenvalue weighted by atomic mass is 10.0. The lowest BCUT2D eigenvalue weighted by molar-refractivity contribution is 0.103. The standard InChI is InChI=1S/C14H9Cl2FO/c1-8-4-2-6-10(13(8)17)14(18)9-5-3-7-11(15)12(9)16/h2-7H,1H3. The highest BCUT2D eigenvalue weighted by molar-refractivity contribution is 6.44. The minimum atomic E-state index is -0.529. The smallest absolute Gasteiger partial charge is 0.197 e. The van der Waals surface area contributed by atoms with Crippen LogP contribution in [0.3, 0.4) is 0 Å². The maximum absolute atomic E-state index is 13.9. The Morgan fingerprint density at radius 2 is 1.67 bits per heavy atom. The van der Waals surface area contributed by atoms with Gasteiger partial charge < -0.3 is 0 Å². The van der Waals surface area contributed by atoms with Gasteiger partial charge in [-0.25, -0.2) is 4.39 Å². The number of carbonyl (C=O) groups excluding carboxylic acids is 1. The summed E-state index contributed by atoms with van der Waals surface area (Å²) in [5.41, 5.74) is 0.617. The first-order valence-corrected chi connectivity index (χ1v) is 6.02. The zero-order valence-corrected chi connectivity index (χ0v) is 11.0. The van der Waals surface area contributed by atoms with Gasteiger partial charge in [-0.2, -0.15) is 0 Å². The monoisotopic (exact) mass is 282 g/mol. The number of hydrogen-bond donors (Lipinski definition) is 0. The van der Waals surface area contributed by atoms with Crippen molar-refractivity contribution in [3.05, 3.63) is 69.0 Å². The van der Waals surface area contributed by atoms with Crippen LogP contribution in [-0.4, -0.2) is 5.78 Å². The molecule has 18 heavy (non-hydrogen) atoms. The van der Waals surface area contributed by atoms with E-state index in [4.69, 9.17) is 23.2 Å². The molecule has 0 aliphatic heterocycles. The molecule has 0 bridgehead atoms. The predicted molar refractivity (Wildman–Crippen MR) is 71.0 cm³/mol. The highest BCUT2D eigenvalue weighted by atomic mass is 35.5. The van der Waals surface area contributed by atoms with E-state index in [0.717, 1.165) is 0 Å². The van der Waals surface area contributed by atoms with E-state index in [1.165, 1.54) is 12.1 Å². The second-order valence-electron chi connectivity index (χ2n) is 3.87. The van der Waals surface area contributed by atoms with Crippen molar-refractivity contribution in [1.82, 2.24) is 0 Å². The number of rotatable bonds is 2. The van der Waals surface area contributed by atoms with Crippen molar-refractivity contribution >= 4 is 29.0 Å². The first-order chi connectivity index (χ1) is 8.52. The quantitative estimate of drug-likeness (QED) is 0.732. The van der Waals surface area contributed by atoms with E-state index in [-0.39, 0.29) is 21.2 Å². The highest BCUT2D eigenvalue weighted by Crippen LogP contribution is 2.28. The van der Waals surface area contributed by atoms with Crippen molar-refractivity contribution in [2.75, 3.05) is 0 Å². The van der Waals surface area contributed by atoms with Gasteiger partial charge in [-0.15, -0.1) is 0 Å². The molecule has 0 amide bonds. The van der Waals surface area contributed by atoms with E-state index >= 15 is 0 Å². The van der Waals surface area contributed by atoms with Crippen LogP contribution in [0.1, 0.15) is 21.5 Å². The van der Waals surface area contributed by atoms with E-state index in [0.29, 0.717) is 5.56 Å². The molecule has 0 fully saturated rings. The molecular weight excluding hydrogens is 274 g/mol. The number of benzene rings is 2. The number of halogens is 3. The molecule has 0 radical (unpaired) electrons. The van der Waals surface area contributed by atoms with Gasteiger partial charge >= 0.3 is 0 Å². The maximum atomic E-state index is 13.9. The Bertz CT molecular complexity index is 570. The maximum Gasteiger partial charge on any atom is 0.197 e. The Morgan fingerprint density at radius 1 is 1.06 bits per heavy atom. The third-order valence-corrected chi connectivity index (χ3v) is 3.45. The van der Waals surface area contributed by atoms with E-state index in [9.17, 15) is 9.18 Å². The van der Waals surface area contributed by atoms with Crippen LogP contribution in [0.2, 0.25) is 10.0 Å². The van der Waals surface area contributed by atoms with E-state index in [1.807, 2.05) is 0 Å². The molecule has 0 aliphatic rings. The molecule has 0 saturated heterocycles. The topological polar surface area (TPSA) is 17.1 Å². The average molecular weight is 283 g/mol. The predicted octanol–water partition coefficient (Wildman–Crippen LogP) is 4.67. The van der Waals surface area contributed by atoms with E-state index in [2.05, 4.69) is 0 Å². The summed E-state index contributed by atoms with van der Waals surface area (Å²) in [5, 5.41) is 0.417. The van der Waals surface area contributed by atoms with Gasteiger partial charge in [0, 0.05) is 5.56 Å². The molecule has 92 valence electrons. The molecule has 2 aromatic rings. The van der Waals surface area contributed by atoms with Gasteiger partial charge in [0.25, 0.3) is 0 Å². The molecule has 0 N–H and O–H groups in total. The van der Waals surface area contributed by atoms with Gasteiger partial charge in [0.1, 0.15) is 5.82 Å². The van der Waals surface area contributed by atoms with Gasteiger partial charge in [0.2, 0.25) is 0 Å². The number of carbonyl (C=O) groups is 1. The van der Waals surface area contributed by atoms with Crippen molar-refractivity contribution < 1.29 is 9.18 Å². The third-order valence-electron chi connectivity index (χ3n) is 2.63. The first kappa shape index (κ1) is 13.1. The Kier molecular flexibility index (Phi) is 3.69. The second kappa shape index (κ2) is 5.09. The molecule has 2 rings (SSSR count). The second-order valence-corrected chi connectivity index (χ2v) is 4.65. The van der Waals surface area contributed by atoms with Crippen LogP contribution in [0.5, 0.6) is 0 Å². The fourth-order valence-corrected chi connectivity index (χ4v) is 2.03. The van der Waals surface area contributed by atoms with Crippen LogP contribution < -0.4 is 0 Å².